The highest BCUT2D eigenvalue weighted by molar-refractivity contribution is 9.10. The van der Waals surface area contributed by atoms with Gasteiger partial charge in [0.2, 0.25) is 0 Å². The van der Waals surface area contributed by atoms with Gasteiger partial charge in [0, 0.05) is 36.3 Å². The molecular formula is C10H16BrN3. The van der Waals surface area contributed by atoms with E-state index >= 15 is 0 Å². The molecule has 1 aromatic rings. The Morgan fingerprint density at radius 3 is 2.79 bits per heavy atom. The van der Waals surface area contributed by atoms with Crippen LogP contribution in [0.5, 0.6) is 0 Å². The molecule has 0 bridgehead atoms. The summed E-state index contributed by atoms with van der Waals surface area (Å²) in [5.74, 6) is 0. The summed E-state index contributed by atoms with van der Waals surface area (Å²) < 4.78 is 1.07. The highest BCUT2D eigenvalue weighted by Crippen LogP contribution is 2.18. The minimum Gasteiger partial charge on any atom is -0.373 e. The van der Waals surface area contributed by atoms with Crippen LogP contribution in [-0.4, -0.2) is 26.2 Å². The van der Waals surface area contributed by atoms with Gasteiger partial charge in [-0.25, -0.2) is 0 Å². The van der Waals surface area contributed by atoms with E-state index in [1.54, 1.807) is 0 Å². The lowest BCUT2D eigenvalue weighted by Crippen LogP contribution is -2.40. The lowest BCUT2D eigenvalue weighted by atomic mass is 10.2. The fraction of sp³-hybridized carbons (Fsp3) is 0.400. The molecular weight excluding hydrogens is 242 g/mol. The summed E-state index contributed by atoms with van der Waals surface area (Å²) >= 11 is 3.43. The van der Waals surface area contributed by atoms with Crippen molar-refractivity contribution in [2.45, 2.75) is 6.04 Å². The molecule has 0 spiro atoms. The molecule has 0 saturated carbocycles. The van der Waals surface area contributed by atoms with Crippen LogP contribution in [0.4, 0.5) is 5.69 Å². The van der Waals surface area contributed by atoms with E-state index < -0.39 is 0 Å². The maximum Gasteiger partial charge on any atom is 0.0375 e. The van der Waals surface area contributed by atoms with Crippen molar-refractivity contribution in [1.29, 1.82) is 0 Å². The van der Waals surface area contributed by atoms with Crippen molar-refractivity contribution in [1.82, 2.24) is 0 Å². The molecule has 78 valence electrons. The van der Waals surface area contributed by atoms with Crippen molar-refractivity contribution in [3.8, 4) is 0 Å². The Morgan fingerprint density at radius 1 is 1.50 bits per heavy atom. The molecule has 4 heteroatoms. The van der Waals surface area contributed by atoms with E-state index in [2.05, 4.69) is 26.9 Å². The molecule has 14 heavy (non-hydrogen) atoms. The lowest BCUT2D eigenvalue weighted by molar-refractivity contribution is 0.668. The van der Waals surface area contributed by atoms with Crippen LogP contribution < -0.4 is 16.4 Å². The number of hydrogen-bond donors (Lipinski definition) is 2. The van der Waals surface area contributed by atoms with Crippen LogP contribution in [0.25, 0.3) is 0 Å². The Labute approximate surface area is 93.2 Å². The maximum atomic E-state index is 5.77. The highest BCUT2D eigenvalue weighted by atomic mass is 79.9. The third kappa shape index (κ3) is 3.29. The first-order chi connectivity index (χ1) is 6.63. The topological polar surface area (TPSA) is 55.3 Å². The van der Waals surface area contributed by atoms with Crippen molar-refractivity contribution in [2.75, 3.05) is 25.0 Å². The summed E-state index contributed by atoms with van der Waals surface area (Å²) in [4.78, 5) is 2.10. The van der Waals surface area contributed by atoms with Gasteiger partial charge in [0.1, 0.15) is 0 Å². The number of anilines is 1. The maximum absolute atomic E-state index is 5.77. The molecule has 0 saturated heterocycles. The summed E-state index contributed by atoms with van der Waals surface area (Å²) in [5.41, 5.74) is 12.4. The molecule has 0 heterocycles. The van der Waals surface area contributed by atoms with E-state index in [1.165, 1.54) is 0 Å². The molecule has 1 aromatic carbocycles. The fourth-order valence-electron chi connectivity index (χ4n) is 1.25. The molecule has 0 aromatic heterocycles. The SMILES string of the molecule is CN(CC(N)CN)c1cccc(Br)c1. The summed E-state index contributed by atoms with van der Waals surface area (Å²) in [5, 5.41) is 0. The zero-order valence-electron chi connectivity index (χ0n) is 8.28. The van der Waals surface area contributed by atoms with Gasteiger partial charge in [0.25, 0.3) is 0 Å². The third-order valence-electron chi connectivity index (χ3n) is 2.06. The Morgan fingerprint density at radius 2 is 2.21 bits per heavy atom. The molecule has 1 atom stereocenters. The number of nitrogens with two attached hydrogens (primary N) is 2. The van der Waals surface area contributed by atoms with Crippen LogP contribution in [0.1, 0.15) is 0 Å². The van der Waals surface area contributed by atoms with Crippen LogP contribution in [-0.2, 0) is 0 Å². The van der Waals surface area contributed by atoms with E-state index in [1.807, 2.05) is 25.2 Å². The lowest BCUT2D eigenvalue weighted by Gasteiger charge is -2.22. The third-order valence-corrected chi connectivity index (χ3v) is 2.55. The Hall–Kier alpha value is -0.580. The predicted molar refractivity (Wildman–Crippen MR) is 64.4 cm³/mol. The standard InChI is InChI=1S/C10H16BrN3/c1-14(7-9(13)6-12)10-4-2-3-8(11)5-10/h2-5,9H,6-7,12-13H2,1H3. The number of likely N-dealkylation sites (N-methyl/N-ethyl adjacent to an activating group) is 1. The molecule has 1 rings (SSSR count). The minimum absolute atomic E-state index is 0.0268. The van der Waals surface area contributed by atoms with Crippen molar-refractivity contribution < 1.29 is 0 Å². The van der Waals surface area contributed by atoms with Crippen molar-refractivity contribution in [3.05, 3.63) is 28.7 Å². The highest BCUT2D eigenvalue weighted by Gasteiger charge is 2.05. The monoisotopic (exact) mass is 257 g/mol. The van der Waals surface area contributed by atoms with Gasteiger partial charge in [-0.1, -0.05) is 22.0 Å². The Kier molecular flexibility index (Phi) is 4.38. The van der Waals surface area contributed by atoms with Gasteiger partial charge in [-0.2, -0.15) is 0 Å². The second-order valence-electron chi connectivity index (χ2n) is 3.36. The fourth-order valence-corrected chi connectivity index (χ4v) is 1.63. The number of rotatable bonds is 4. The number of nitrogens with zero attached hydrogens (tertiary/aromatic N) is 1. The normalized spacial score (nSPS) is 12.6. The van der Waals surface area contributed by atoms with Crippen LogP contribution in [0.2, 0.25) is 0 Å². The first kappa shape index (κ1) is 11.5. The molecule has 1 unspecified atom stereocenters. The van der Waals surface area contributed by atoms with Crippen LogP contribution in [0, 0.1) is 0 Å². The molecule has 0 aliphatic heterocycles. The summed E-state index contributed by atoms with van der Waals surface area (Å²) in [6.07, 6.45) is 0. The largest absolute Gasteiger partial charge is 0.373 e. The number of hydrogen-bond acceptors (Lipinski definition) is 3. The van der Waals surface area contributed by atoms with Crippen molar-refractivity contribution in [2.24, 2.45) is 11.5 Å². The predicted octanol–water partition coefficient (Wildman–Crippen LogP) is 1.17. The van der Waals surface area contributed by atoms with E-state index in [0.29, 0.717) is 6.54 Å². The average molecular weight is 258 g/mol. The van der Waals surface area contributed by atoms with Crippen LogP contribution in [0.15, 0.2) is 28.7 Å². The van der Waals surface area contributed by atoms with E-state index in [-0.39, 0.29) is 6.04 Å². The van der Waals surface area contributed by atoms with Gasteiger partial charge in [-0.15, -0.1) is 0 Å². The number of halogens is 1. The molecule has 3 nitrogen and oxygen atoms in total. The molecule has 0 fully saturated rings. The first-order valence-electron chi connectivity index (χ1n) is 4.56. The van der Waals surface area contributed by atoms with Gasteiger partial charge < -0.3 is 16.4 Å². The van der Waals surface area contributed by atoms with Crippen molar-refractivity contribution >= 4 is 21.6 Å². The molecule has 0 amide bonds. The summed E-state index contributed by atoms with van der Waals surface area (Å²) in [6.45, 7) is 1.28. The zero-order valence-corrected chi connectivity index (χ0v) is 9.87. The Bertz CT molecular complexity index is 290. The van der Waals surface area contributed by atoms with Crippen LogP contribution in [0.3, 0.4) is 0 Å². The van der Waals surface area contributed by atoms with E-state index in [0.717, 1.165) is 16.7 Å². The minimum atomic E-state index is 0.0268. The second kappa shape index (κ2) is 5.34. The molecule has 0 radical (unpaired) electrons. The summed E-state index contributed by atoms with van der Waals surface area (Å²) in [7, 11) is 2.01. The quantitative estimate of drug-likeness (QED) is 0.852. The first-order valence-corrected chi connectivity index (χ1v) is 5.35. The molecule has 0 aliphatic carbocycles. The molecule has 0 aliphatic rings. The van der Waals surface area contributed by atoms with Gasteiger partial charge in [-0.3, -0.25) is 0 Å². The van der Waals surface area contributed by atoms with E-state index in [9.17, 15) is 0 Å². The van der Waals surface area contributed by atoms with Crippen molar-refractivity contribution in [3.63, 3.8) is 0 Å². The molecule has 4 N–H and O–H groups in total. The second-order valence-corrected chi connectivity index (χ2v) is 4.27. The summed E-state index contributed by atoms with van der Waals surface area (Å²) in [6, 6.07) is 8.14. The van der Waals surface area contributed by atoms with Gasteiger partial charge in [0.05, 0.1) is 0 Å². The van der Waals surface area contributed by atoms with Gasteiger partial charge in [0.15, 0.2) is 0 Å². The van der Waals surface area contributed by atoms with Gasteiger partial charge >= 0.3 is 0 Å². The van der Waals surface area contributed by atoms with Gasteiger partial charge in [-0.05, 0) is 18.2 Å². The van der Waals surface area contributed by atoms with Crippen LogP contribution >= 0.6 is 15.9 Å². The average Bonchev–Trinajstić information content (AvgIpc) is 2.17. The van der Waals surface area contributed by atoms with E-state index in [4.69, 9.17) is 11.5 Å². The Balaban J connectivity index is 2.64. The number of benzene rings is 1. The smallest absolute Gasteiger partial charge is 0.0375 e. The zero-order chi connectivity index (χ0) is 10.6.